The number of hydrogen-bond donors (Lipinski definition) is 1. The van der Waals surface area contributed by atoms with Crippen LogP contribution in [0.3, 0.4) is 0 Å². The van der Waals surface area contributed by atoms with Crippen LogP contribution in [0.4, 0.5) is 0 Å². The van der Waals surface area contributed by atoms with Gasteiger partial charge < -0.3 is 4.98 Å². The van der Waals surface area contributed by atoms with Crippen molar-refractivity contribution in [1.82, 2.24) is 19.7 Å². The Kier molecular flexibility index (Phi) is 1.62. The van der Waals surface area contributed by atoms with E-state index in [4.69, 9.17) is 0 Å². The van der Waals surface area contributed by atoms with Gasteiger partial charge in [0.1, 0.15) is 5.69 Å². The van der Waals surface area contributed by atoms with Crippen LogP contribution in [0.2, 0.25) is 0 Å². The van der Waals surface area contributed by atoms with Crippen molar-refractivity contribution in [1.29, 1.82) is 0 Å². The lowest BCUT2D eigenvalue weighted by Crippen LogP contribution is -1.89. The maximum absolute atomic E-state index is 4.48. The van der Waals surface area contributed by atoms with Gasteiger partial charge in [0, 0.05) is 12.4 Å². The molecule has 0 saturated carbocycles. The van der Waals surface area contributed by atoms with Crippen LogP contribution in [0, 0.1) is 0 Å². The Bertz CT molecular complexity index is 592. The lowest BCUT2D eigenvalue weighted by Gasteiger charge is -1.91. The number of para-hydroxylation sites is 1. The fourth-order valence-electron chi connectivity index (χ4n) is 1.80. The molecule has 0 atom stereocenters. The Morgan fingerprint density at radius 1 is 1.27 bits per heavy atom. The first-order valence-electron chi connectivity index (χ1n) is 4.77. The number of hydrogen-bond acceptors (Lipinski definition) is 2. The molecule has 0 aliphatic carbocycles. The van der Waals surface area contributed by atoms with Gasteiger partial charge >= 0.3 is 0 Å². The van der Waals surface area contributed by atoms with Crippen LogP contribution in [-0.2, 0) is 7.05 Å². The van der Waals surface area contributed by atoms with E-state index in [1.165, 1.54) is 0 Å². The highest BCUT2D eigenvalue weighted by Crippen LogP contribution is 2.25. The number of aromatic nitrogens is 4. The molecule has 4 heteroatoms. The minimum Gasteiger partial charge on any atom is -0.343 e. The SMILES string of the molecule is Cn1nc(-c2cnc[nH]2)c2ccccc21. The van der Waals surface area contributed by atoms with Crippen LogP contribution < -0.4 is 0 Å². The summed E-state index contributed by atoms with van der Waals surface area (Å²) in [5, 5.41) is 5.62. The largest absolute Gasteiger partial charge is 0.343 e. The second-order valence-electron chi connectivity index (χ2n) is 3.45. The van der Waals surface area contributed by atoms with E-state index in [-0.39, 0.29) is 0 Å². The van der Waals surface area contributed by atoms with E-state index in [0.29, 0.717) is 0 Å². The Morgan fingerprint density at radius 3 is 2.93 bits per heavy atom. The van der Waals surface area contributed by atoms with Crippen LogP contribution in [0.25, 0.3) is 22.3 Å². The highest BCUT2D eigenvalue weighted by atomic mass is 15.3. The van der Waals surface area contributed by atoms with Crippen LogP contribution in [0.1, 0.15) is 0 Å². The summed E-state index contributed by atoms with van der Waals surface area (Å²) in [5.41, 5.74) is 3.03. The predicted octanol–water partition coefficient (Wildman–Crippen LogP) is 1.96. The average molecular weight is 198 g/mol. The first-order valence-corrected chi connectivity index (χ1v) is 4.77. The molecule has 3 rings (SSSR count). The van der Waals surface area contributed by atoms with Gasteiger partial charge in [-0.2, -0.15) is 5.10 Å². The molecule has 0 unspecified atom stereocenters. The summed E-state index contributed by atoms with van der Waals surface area (Å²) in [7, 11) is 1.95. The van der Waals surface area contributed by atoms with E-state index in [0.717, 1.165) is 22.3 Å². The average Bonchev–Trinajstić information content (AvgIpc) is 2.87. The van der Waals surface area contributed by atoms with Gasteiger partial charge in [0.2, 0.25) is 0 Å². The molecule has 1 N–H and O–H groups in total. The molecule has 2 aromatic heterocycles. The lowest BCUT2D eigenvalue weighted by molar-refractivity contribution is 0.799. The highest BCUT2D eigenvalue weighted by Gasteiger charge is 2.10. The van der Waals surface area contributed by atoms with Crippen LogP contribution in [0.5, 0.6) is 0 Å². The van der Waals surface area contributed by atoms with Crippen LogP contribution >= 0.6 is 0 Å². The zero-order chi connectivity index (χ0) is 10.3. The van der Waals surface area contributed by atoms with Gasteiger partial charge in [-0.15, -0.1) is 0 Å². The number of rotatable bonds is 1. The quantitative estimate of drug-likeness (QED) is 0.649. The predicted molar refractivity (Wildman–Crippen MR) is 58.3 cm³/mol. The summed E-state index contributed by atoms with van der Waals surface area (Å²) < 4.78 is 1.88. The van der Waals surface area contributed by atoms with Crippen LogP contribution in [-0.4, -0.2) is 19.7 Å². The van der Waals surface area contributed by atoms with Crippen LogP contribution in [0.15, 0.2) is 36.8 Å². The molecule has 0 saturated heterocycles. The summed E-state index contributed by atoms with van der Waals surface area (Å²) in [6.07, 6.45) is 3.45. The van der Waals surface area contributed by atoms with Crippen molar-refractivity contribution >= 4 is 10.9 Å². The van der Waals surface area contributed by atoms with Gasteiger partial charge in [-0.05, 0) is 6.07 Å². The molecule has 0 fully saturated rings. The van der Waals surface area contributed by atoms with Crippen molar-refractivity contribution in [3.8, 4) is 11.4 Å². The molecule has 0 aliphatic rings. The van der Waals surface area contributed by atoms with E-state index in [1.807, 2.05) is 23.9 Å². The molecule has 0 bridgehead atoms. The second-order valence-corrected chi connectivity index (χ2v) is 3.45. The molecule has 0 radical (unpaired) electrons. The van der Waals surface area contributed by atoms with E-state index in [2.05, 4.69) is 27.2 Å². The van der Waals surface area contributed by atoms with Gasteiger partial charge in [-0.25, -0.2) is 4.98 Å². The molecule has 3 aromatic rings. The maximum Gasteiger partial charge on any atom is 0.118 e. The summed E-state index contributed by atoms with van der Waals surface area (Å²) in [6, 6.07) is 8.16. The fourth-order valence-corrected chi connectivity index (χ4v) is 1.80. The van der Waals surface area contributed by atoms with E-state index < -0.39 is 0 Å². The first-order chi connectivity index (χ1) is 7.36. The third-order valence-corrected chi connectivity index (χ3v) is 2.51. The van der Waals surface area contributed by atoms with Gasteiger partial charge in [-0.3, -0.25) is 4.68 Å². The first kappa shape index (κ1) is 8.23. The Labute approximate surface area is 86.6 Å². The van der Waals surface area contributed by atoms with Crippen molar-refractivity contribution in [3.05, 3.63) is 36.8 Å². The van der Waals surface area contributed by atoms with Crippen molar-refractivity contribution in [2.75, 3.05) is 0 Å². The second kappa shape index (κ2) is 2.95. The van der Waals surface area contributed by atoms with E-state index >= 15 is 0 Å². The molecule has 0 aliphatic heterocycles. The Morgan fingerprint density at radius 2 is 2.13 bits per heavy atom. The molecule has 2 heterocycles. The van der Waals surface area contributed by atoms with Gasteiger partial charge in [-0.1, -0.05) is 18.2 Å². The van der Waals surface area contributed by atoms with Gasteiger partial charge in [0.05, 0.1) is 23.7 Å². The molecule has 0 amide bonds. The van der Waals surface area contributed by atoms with Crippen molar-refractivity contribution in [3.63, 3.8) is 0 Å². The zero-order valence-electron chi connectivity index (χ0n) is 8.31. The molecule has 1 aromatic carbocycles. The van der Waals surface area contributed by atoms with Gasteiger partial charge in [0.25, 0.3) is 0 Å². The summed E-state index contributed by atoms with van der Waals surface area (Å²) in [5.74, 6) is 0. The molecule has 4 nitrogen and oxygen atoms in total. The number of H-pyrrole nitrogens is 1. The Hall–Kier alpha value is -2.10. The third kappa shape index (κ3) is 1.15. The molecule has 15 heavy (non-hydrogen) atoms. The summed E-state index contributed by atoms with van der Waals surface area (Å²) in [4.78, 5) is 7.08. The summed E-state index contributed by atoms with van der Waals surface area (Å²) >= 11 is 0. The smallest absolute Gasteiger partial charge is 0.118 e. The highest BCUT2D eigenvalue weighted by molar-refractivity contribution is 5.92. The number of nitrogens with one attached hydrogen (secondary N) is 1. The maximum atomic E-state index is 4.48. The molecule has 0 spiro atoms. The normalized spacial score (nSPS) is 11.0. The minimum absolute atomic E-state index is 0.950. The third-order valence-electron chi connectivity index (χ3n) is 2.51. The number of fused-ring (bicyclic) bond motifs is 1. The van der Waals surface area contributed by atoms with Crippen molar-refractivity contribution in [2.24, 2.45) is 7.05 Å². The Balaban J connectivity index is 2.37. The molecular weight excluding hydrogens is 188 g/mol. The van der Waals surface area contributed by atoms with E-state index in [1.54, 1.807) is 12.5 Å². The number of benzene rings is 1. The molecule has 74 valence electrons. The van der Waals surface area contributed by atoms with E-state index in [9.17, 15) is 0 Å². The number of nitrogens with zero attached hydrogens (tertiary/aromatic N) is 3. The van der Waals surface area contributed by atoms with Crippen molar-refractivity contribution < 1.29 is 0 Å². The lowest BCUT2D eigenvalue weighted by atomic mass is 10.2. The number of aromatic amines is 1. The monoisotopic (exact) mass is 198 g/mol. The number of imidazole rings is 1. The fraction of sp³-hybridized carbons (Fsp3) is 0.0909. The van der Waals surface area contributed by atoms with Crippen molar-refractivity contribution in [2.45, 2.75) is 0 Å². The standard InChI is InChI=1S/C11H10N4/c1-15-10-5-3-2-4-8(10)11(14-15)9-6-12-7-13-9/h2-7H,1H3,(H,12,13). The molecular formula is C11H10N4. The zero-order valence-corrected chi connectivity index (χ0v) is 8.31. The summed E-state index contributed by atoms with van der Waals surface area (Å²) in [6.45, 7) is 0. The number of aryl methyl sites for hydroxylation is 1. The van der Waals surface area contributed by atoms with Gasteiger partial charge in [0.15, 0.2) is 0 Å². The minimum atomic E-state index is 0.950. The topological polar surface area (TPSA) is 46.5 Å².